The van der Waals surface area contributed by atoms with E-state index in [1.54, 1.807) is 61.7 Å². The molecule has 0 bridgehead atoms. The number of nitro groups is 1. The van der Waals surface area contributed by atoms with E-state index in [0.29, 0.717) is 17.1 Å². The summed E-state index contributed by atoms with van der Waals surface area (Å²) < 4.78 is 10.9. The first kappa shape index (κ1) is 18.8. The Kier molecular flexibility index (Phi) is 5.81. The van der Waals surface area contributed by atoms with E-state index in [4.69, 9.17) is 9.47 Å². The number of nitro benzene ring substituents is 1. The lowest BCUT2D eigenvalue weighted by Crippen LogP contribution is -2.09. The van der Waals surface area contributed by atoms with Gasteiger partial charge in [0.2, 0.25) is 5.78 Å². The molecule has 0 fully saturated rings. The molecule has 3 aromatic carbocycles. The molecular formula is C22H17NO5. The van der Waals surface area contributed by atoms with Crippen molar-refractivity contribution in [3.05, 3.63) is 106 Å². The summed E-state index contributed by atoms with van der Waals surface area (Å²) >= 11 is 0. The van der Waals surface area contributed by atoms with Gasteiger partial charge in [0.25, 0.3) is 5.69 Å². The number of ketones is 1. The van der Waals surface area contributed by atoms with E-state index in [1.807, 2.05) is 6.07 Å². The lowest BCUT2D eigenvalue weighted by molar-refractivity contribution is -0.384. The minimum atomic E-state index is -0.493. The number of non-ortho nitro benzene ring substituents is 1. The number of ether oxygens (including phenoxy) is 2. The minimum absolute atomic E-state index is 0.0533. The first-order chi connectivity index (χ1) is 13.6. The molecule has 3 rings (SSSR count). The molecule has 0 saturated heterocycles. The van der Waals surface area contributed by atoms with Crippen molar-refractivity contribution in [2.45, 2.75) is 0 Å². The monoisotopic (exact) mass is 375 g/mol. The molecule has 0 radical (unpaired) electrons. The average Bonchev–Trinajstić information content (AvgIpc) is 2.74. The largest absolute Gasteiger partial charge is 0.497 e. The van der Waals surface area contributed by atoms with Crippen LogP contribution in [0.2, 0.25) is 0 Å². The molecule has 0 aliphatic heterocycles. The van der Waals surface area contributed by atoms with Gasteiger partial charge in [0, 0.05) is 17.7 Å². The van der Waals surface area contributed by atoms with E-state index in [0.717, 1.165) is 5.56 Å². The van der Waals surface area contributed by atoms with Crippen LogP contribution in [0.3, 0.4) is 0 Å². The summed E-state index contributed by atoms with van der Waals surface area (Å²) in [5.41, 5.74) is 1.17. The fourth-order valence-corrected chi connectivity index (χ4v) is 2.49. The Hall–Kier alpha value is -3.93. The van der Waals surface area contributed by atoms with Gasteiger partial charge in [-0.25, -0.2) is 0 Å². The van der Waals surface area contributed by atoms with Crippen LogP contribution in [-0.4, -0.2) is 17.8 Å². The second-order valence-electron chi connectivity index (χ2n) is 5.83. The summed E-state index contributed by atoms with van der Waals surface area (Å²) in [4.78, 5) is 23.2. The van der Waals surface area contributed by atoms with Gasteiger partial charge in [-0.15, -0.1) is 0 Å². The van der Waals surface area contributed by atoms with Crippen LogP contribution >= 0.6 is 0 Å². The van der Waals surface area contributed by atoms with E-state index in [1.165, 1.54) is 24.3 Å². The summed E-state index contributed by atoms with van der Waals surface area (Å²) in [6.45, 7) is 0. The normalized spacial score (nSPS) is 11.0. The third-order valence-corrected chi connectivity index (χ3v) is 3.95. The minimum Gasteiger partial charge on any atom is -0.497 e. The quantitative estimate of drug-likeness (QED) is 0.193. The molecule has 0 heterocycles. The topological polar surface area (TPSA) is 78.7 Å². The number of benzene rings is 3. The number of hydrogen-bond donors (Lipinski definition) is 0. The van der Waals surface area contributed by atoms with Crippen molar-refractivity contribution in [2.75, 3.05) is 7.11 Å². The van der Waals surface area contributed by atoms with Gasteiger partial charge in [-0.05, 0) is 35.9 Å². The molecule has 0 N–H and O–H groups in total. The zero-order chi connectivity index (χ0) is 19.9. The Labute approximate surface area is 161 Å². The van der Waals surface area contributed by atoms with Crippen LogP contribution < -0.4 is 9.47 Å². The average molecular weight is 375 g/mol. The van der Waals surface area contributed by atoms with Gasteiger partial charge in [0.1, 0.15) is 11.5 Å². The number of rotatable bonds is 7. The standard InChI is InChI=1S/C22H17NO5/c1-27-19-11-7-16(8-12-19)15-21(22(24)17-5-3-2-4-6-17)28-20-13-9-18(10-14-20)23(25)26/h2-15H,1H3/b21-15+. The predicted molar refractivity (Wildman–Crippen MR) is 105 cm³/mol. The molecule has 0 aromatic heterocycles. The van der Waals surface area contributed by atoms with E-state index >= 15 is 0 Å². The van der Waals surface area contributed by atoms with Crippen molar-refractivity contribution < 1.29 is 19.2 Å². The highest BCUT2D eigenvalue weighted by atomic mass is 16.6. The highest BCUT2D eigenvalue weighted by Gasteiger charge is 2.16. The lowest BCUT2D eigenvalue weighted by Gasteiger charge is -2.10. The maximum atomic E-state index is 12.9. The number of Topliss-reactive ketones (excluding diaryl/α,β-unsaturated/α-hetero) is 1. The summed E-state index contributed by atoms with van der Waals surface area (Å²) in [6, 6.07) is 21.5. The number of carbonyl (C=O) groups is 1. The Morgan fingerprint density at radius 2 is 1.50 bits per heavy atom. The lowest BCUT2D eigenvalue weighted by atomic mass is 10.1. The van der Waals surface area contributed by atoms with Gasteiger partial charge in [-0.1, -0.05) is 42.5 Å². The number of carbonyl (C=O) groups excluding carboxylic acids is 1. The Balaban J connectivity index is 1.94. The Bertz CT molecular complexity index is 993. The molecule has 0 spiro atoms. The highest BCUT2D eigenvalue weighted by molar-refractivity contribution is 6.10. The van der Waals surface area contributed by atoms with Gasteiger partial charge < -0.3 is 9.47 Å². The van der Waals surface area contributed by atoms with Crippen LogP contribution in [0.5, 0.6) is 11.5 Å². The van der Waals surface area contributed by atoms with Crippen molar-refractivity contribution in [3.63, 3.8) is 0 Å². The van der Waals surface area contributed by atoms with Crippen LogP contribution in [0.4, 0.5) is 5.69 Å². The van der Waals surface area contributed by atoms with Gasteiger partial charge in [0.15, 0.2) is 5.76 Å². The van der Waals surface area contributed by atoms with Gasteiger partial charge in [0.05, 0.1) is 12.0 Å². The fraction of sp³-hybridized carbons (Fsp3) is 0.0455. The number of allylic oxidation sites excluding steroid dienone is 1. The third-order valence-electron chi connectivity index (χ3n) is 3.95. The Morgan fingerprint density at radius 3 is 2.07 bits per heavy atom. The molecule has 6 nitrogen and oxygen atoms in total. The molecule has 140 valence electrons. The van der Waals surface area contributed by atoms with Crippen LogP contribution in [0, 0.1) is 10.1 Å². The molecule has 28 heavy (non-hydrogen) atoms. The van der Waals surface area contributed by atoms with Gasteiger partial charge in [-0.2, -0.15) is 0 Å². The van der Waals surface area contributed by atoms with Crippen LogP contribution in [0.15, 0.2) is 84.6 Å². The van der Waals surface area contributed by atoms with Crippen LogP contribution in [0.25, 0.3) is 6.08 Å². The summed E-state index contributed by atoms with van der Waals surface area (Å²) in [5, 5.41) is 10.8. The molecule has 0 amide bonds. The maximum Gasteiger partial charge on any atom is 0.269 e. The highest BCUT2D eigenvalue weighted by Crippen LogP contribution is 2.23. The SMILES string of the molecule is COc1ccc(/C=C(/Oc2ccc([N+](=O)[O-])cc2)C(=O)c2ccccc2)cc1. The third kappa shape index (κ3) is 4.62. The van der Waals surface area contributed by atoms with E-state index in [9.17, 15) is 14.9 Å². The first-order valence-corrected chi connectivity index (χ1v) is 8.44. The zero-order valence-electron chi connectivity index (χ0n) is 15.1. The van der Waals surface area contributed by atoms with Crippen molar-refractivity contribution in [1.82, 2.24) is 0 Å². The number of methoxy groups -OCH3 is 1. The molecule has 0 unspecified atom stereocenters. The second kappa shape index (κ2) is 8.64. The summed E-state index contributed by atoms with van der Waals surface area (Å²) in [5.74, 6) is 0.832. The summed E-state index contributed by atoms with van der Waals surface area (Å²) in [6.07, 6.45) is 1.62. The maximum absolute atomic E-state index is 12.9. The predicted octanol–water partition coefficient (Wildman–Crippen LogP) is 4.91. The first-order valence-electron chi connectivity index (χ1n) is 8.44. The van der Waals surface area contributed by atoms with Crippen molar-refractivity contribution >= 4 is 17.5 Å². The van der Waals surface area contributed by atoms with Crippen molar-refractivity contribution in [1.29, 1.82) is 0 Å². The molecule has 0 aliphatic carbocycles. The molecule has 0 saturated carbocycles. The molecule has 0 atom stereocenters. The molecule has 6 heteroatoms. The summed E-state index contributed by atoms with van der Waals surface area (Å²) in [7, 11) is 1.58. The zero-order valence-corrected chi connectivity index (χ0v) is 15.1. The van der Waals surface area contributed by atoms with Crippen LogP contribution in [0.1, 0.15) is 15.9 Å². The van der Waals surface area contributed by atoms with Gasteiger partial charge in [-0.3, -0.25) is 14.9 Å². The fourth-order valence-electron chi connectivity index (χ4n) is 2.49. The van der Waals surface area contributed by atoms with E-state index < -0.39 is 4.92 Å². The van der Waals surface area contributed by atoms with Crippen molar-refractivity contribution in [3.8, 4) is 11.5 Å². The molecule has 3 aromatic rings. The van der Waals surface area contributed by atoms with E-state index in [-0.39, 0.29) is 17.2 Å². The Morgan fingerprint density at radius 1 is 0.893 bits per heavy atom. The molecule has 0 aliphatic rings. The number of hydrogen-bond acceptors (Lipinski definition) is 5. The second-order valence-corrected chi connectivity index (χ2v) is 5.83. The smallest absolute Gasteiger partial charge is 0.269 e. The van der Waals surface area contributed by atoms with Crippen molar-refractivity contribution in [2.24, 2.45) is 0 Å². The number of nitrogens with zero attached hydrogens (tertiary/aromatic N) is 1. The van der Waals surface area contributed by atoms with E-state index in [2.05, 4.69) is 0 Å². The van der Waals surface area contributed by atoms with Crippen LogP contribution in [-0.2, 0) is 0 Å². The van der Waals surface area contributed by atoms with Gasteiger partial charge >= 0.3 is 0 Å². The molecular weight excluding hydrogens is 358 g/mol.